The largest absolute Gasteiger partial charge is 0.505 e. The van der Waals surface area contributed by atoms with Crippen molar-refractivity contribution in [2.75, 3.05) is 12.3 Å². The number of aromatic hydroxyl groups is 1. The lowest BCUT2D eigenvalue weighted by molar-refractivity contribution is 0.109. The summed E-state index contributed by atoms with van der Waals surface area (Å²) in [6.07, 6.45) is 2.89. The highest BCUT2D eigenvalue weighted by Crippen LogP contribution is 2.32. The molecule has 0 bridgehead atoms. The van der Waals surface area contributed by atoms with E-state index in [0.717, 1.165) is 19.4 Å². The molecule has 6 nitrogen and oxygen atoms in total. The van der Waals surface area contributed by atoms with Gasteiger partial charge in [0.1, 0.15) is 0 Å². The number of anilines is 1. The topological polar surface area (TPSA) is 94.4 Å². The molecule has 6 heteroatoms. The van der Waals surface area contributed by atoms with Crippen LogP contribution in [0.4, 0.5) is 5.69 Å². The zero-order chi connectivity index (χ0) is 13.2. The van der Waals surface area contributed by atoms with E-state index in [4.69, 9.17) is 15.0 Å². The molecule has 1 aromatic heterocycles. The van der Waals surface area contributed by atoms with Gasteiger partial charge in [-0.15, -0.1) is 0 Å². The maximum absolute atomic E-state index is 9.87. The second kappa shape index (κ2) is 4.89. The number of nitrogens with zero attached hydrogens (tertiary/aromatic N) is 2. The Morgan fingerprint density at radius 1 is 1.42 bits per heavy atom. The van der Waals surface area contributed by atoms with E-state index in [2.05, 4.69) is 10.1 Å². The Morgan fingerprint density at radius 2 is 2.32 bits per heavy atom. The minimum atomic E-state index is -0.0326. The summed E-state index contributed by atoms with van der Waals surface area (Å²) in [6, 6.07) is 5.03. The molecule has 1 aliphatic heterocycles. The summed E-state index contributed by atoms with van der Waals surface area (Å²) in [4.78, 5) is 4.27. The van der Waals surface area contributed by atoms with Crippen LogP contribution in [0, 0.1) is 0 Å². The number of hydrogen-bond acceptors (Lipinski definition) is 6. The quantitative estimate of drug-likeness (QED) is 0.645. The van der Waals surface area contributed by atoms with Gasteiger partial charge >= 0.3 is 0 Å². The second-order valence-electron chi connectivity index (χ2n) is 4.60. The van der Waals surface area contributed by atoms with Gasteiger partial charge in [0.25, 0.3) is 5.89 Å². The first-order valence-corrected chi connectivity index (χ1v) is 6.26. The first kappa shape index (κ1) is 12.0. The predicted molar refractivity (Wildman–Crippen MR) is 68.5 cm³/mol. The second-order valence-corrected chi connectivity index (χ2v) is 4.60. The van der Waals surface area contributed by atoms with Crippen molar-refractivity contribution in [3.63, 3.8) is 0 Å². The Labute approximate surface area is 110 Å². The summed E-state index contributed by atoms with van der Waals surface area (Å²) in [5.41, 5.74) is 6.38. The fourth-order valence-electron chi connectivity index (χ4n) is 2.19. The van der Waals surface area contributed by atoms with Gasteiger partial charge in [-0.1, -0.05) is 11.2 Å². The number of nitrogens with two attached hydrogens (primary N) is 1. The highest BCUT2D eigenvalue weighted by molar-refractivity contribution is 5.71. The maximum atomic E-state index is 9.87. The Kier molecular flexibility index (Phi) is 3.08. The first-order chi connectivity index (χ1) is 9.24. The van der Waals surface area contributed by atoms with E-state index in [1.165, 1.54) is 0 Å². The van der Waals surface area contributed by atoms with Gasteiger partial charge in [-0.3, -0.25) is 0 Å². The highest BCUT2D eigenvalue weighted by Gasteiger charge is 2.20. The molecule has 2 heterocycles. The van der Waals surface area contributed by atoms with Crippen LogP contribution in [0.3, 0.4) is 0 Å². The summed E-state index contributed by atoms with van der Waals surface area (Å²) >= 11 is 0. The van der Waals surface area contributed by atoms with Gasteiger partial charge < -0.3 is 20.1 Å². The van der Waals surface area contributed by atoms with E-state index >= 15 is 0 Å². The van der Waals surface area contributed by atoms with Crippen molar-refractivity contribution >= 4 is 5.69 Å². The molecule has 1 atom stereocenters. The zero-order valence-corrected chi connectivity index (χ0v) is 10.4. The van der Waals surface area contributed by atoms with E-state index in [1.54, 1.807) is 18.2 Å². The van der Waals surface area contributed by atoms with Crippen LogP contribution in [0.2, 0.25) is 0 Å². The number of hydrogen-bond donors (Lipinski definition) is 2. The summed E-state index contributed by atoms with van der Waals surface area (Å²) in [6.45, 7) is 0.797. The lowest BCUT2D eigenvalue weighted by Gasteiger charge is -2.04. The van der Waals surface area contributed by atoms with E-state index in [9.17, 15) is 5.11 Å². The predicted octanol–water partition coefficient (Wildman–Crippen LogP) is 1.75. The van der Waals surface area contributed by atoms with Crippen molar-refractivity contribution in [2.24, 2.45) is 0 Å². The number of ether oxygens (including phenoxy) is 1. The first-order valence-electron chi connectivity index (χ1n) is 6.26. The minimum absolute atomic E-state index is 0.0326. The molecule has 2 aromatic rings. The number of nitrogen functional groups attached to an aromatic ring is 1. The third-order valence-corrected chi connectivity index (χ3v) is 3.20. The fourth-order valence-corrected chi connectivity index (χ4v) is 2.19. The molecular formula is C13H15N3O3. The number of aromatic nitrogens is 2. The molecule has 3 N–H and O–H groups in total. The summed E-state index contributed by atoms with van der Waals surface area (Å²) in [7, 11) is 0. The molecule has 3 rings (SSSR count). The summed E-state index contributed by atoms with van der Waals surface area (Å²) < 4.78 is 10.7. The molecule has 0 amide bonds. The van der Waals surface area contributed by atoms with Gasteiger partial charge in [0.2, 0.25) is 0 Å². The summed E-state index contributed by atoms with van der Waals surface area (Å²) in [5.74, 6) is 0.830. The van der Waals surface area contributed by atoms with Crippen LogP contribution in [-0.2, 0) is 11.2 Å². The normalized spacial score (nSPS) is 18.8. The molecule has 0 spiro atoms. The monoisotopic (exact) mass is 261 g/mol. The van der Waals surface area contributed by atoms with Gasteiger partial charge in [-0.25, -0.2) is 0 Å². The standard InChI is InChI=1S/C13H15N3O3/c14-10-5-1-4-9(12(10)17)13-15-11(16-19-13)7-8-3-2-6-18-8/h1,4-5,8,17H,2-3,6-7,14H2. The minimum Gasteiger partial charge on any atom is -0.505 e. The third kappa shape index (κ3) is 2.39. The molecule has 1 saturated heterocycles. The van der Waals surface area contributed by atoms with Crippen LogP contribution in [0.5, 0.6) is 5.75 Å². The van der Waals surface area contributed by atoms with Crippen molar-refractivity contribution in [1.82, 2.24) is 10.1 Å². The fraction of sp³-hybridized carbons (Fsp3) is 0.385. The van der Waals surface area contributed by atoms with Crippen molar-refractivity contribution in [1.29, 1.82) is 0 Å². The van der Waals surface area contributed by atoms with Crippen LogP contribution < -0.4 is 5.73 Å². The van der Waals surface area contributed by atoms with Gasteiger partial charge in [0, 0.05) is 13.0 Å². The van der Waals surface area contributed by atoms with Crippen LogP contribution in [0.1, 0.15) is 18.7 Å². The smallest absolute Gasteiger partial charge is 0.261 e. The lowest BCUT2D eigenvalue weighted by Crippen LogP contribution is -2.09. The van der Waals surface area contributed by atoms with Crippen LogP contribution in [-0.4, -0.2) is 28.0 Å². The molecule has 0 radical (unpaired) electrons. The van der Waals surface area contributed by atoms with E-state index in [-0.39, 0.29) is 23.4 Å². The van der Waals surface area contributed by atoms with Gasteiger partial charge in [0.15, 0.2) is 11.6 Å². The van der Waals surface area contributed by atoms with E-state index < -0.39 is 0 Å². The zero-order valence-electron chi connectivity index (χ0n) is 10.4. The molecule has 0 aliphatic carbocycles. The van der Waals surface area contributed by atoms with Gasteiger partial charge in [-0.05, 0) is 25.0 Å². The molecule has 0 saturated carbocycles. The SMILES string of the molecule is Nc1cccc(-c2nc(CC3CCCO3)no2)c1O. The number of phenols is 1. The third-order valence-electron chi connectivity index (χ3n) is 3.20. The lowest BCUT2D eigenvalue weighted by atomic mass is 10.1. The number of para-hydroxylation sites is 1. The van der Waals surface area contributed by atoms with Crippen molar-refractivity contribution in [2.45, 2.75) is 25.4 Å². The number of benzene rings is 1. The van der Waals surface area contributed by atoms with Crippen molar-refractivity contribution in [3.8, 4) is 17.2 Å². The Bertz CT molecular complexity index is 576. The number of rotatable bonds is 3. The maximum Gasteiger partial charge on any atom is 0.261 e. The van der Waals surface area contributed by atoms with Crippen molar-refractivity contribution in [3.05, 3.63) is 24.0 Å². The molecule has 19 heavy (non-hydrogen) atoms. The molecule has 100 valence electrons. The van der Waals surface area contributed by atoms with Crippen LogP contribution in [0.15, 0.2) is 22.7 Å². The molecule has 1 fully saturated rings. The van der Waals surface area contributed by atoms with Gasteiger partial charge in [0.05, 0.1) is 17.4 Å². The van der Waals surface area contributed by atoms with E-state index in [1.807, 2.05) is 0 Å². The van der Waals surface area contributed by atoms with Crippen LogP contribution >= 0.6 is 0 Å². The molecular weight excluding hydrogens is 246 g/mol. The average Bonchev–Trinajstić information content (AvgIpc) is 3.05. The molecule has 1 unspecified atom stereocenters. The average molecular weight is 261 g/mol. The Balaban J connectivity index is 1.82. The molecule has 1 aliphatic rings. The number of phenolic OH excluding ortho intramolecular Hbond substituents is 1. The highest BCUT2D eigenvalue weighted by atomic mass is 16.5. The Hall–Kier alpha value is -2.08. The van der Waals surface area contributed by atoms with Gasteiger partial charge in [-0.2, -0.15) is 4.98 Å². The summed E-state index contributed by atoms with van der Waals surface area (Å²) in [5, 5.41) is 13.8. The van der Waals surface area contributed by atoms with E-state index in [0.29, 0.717) is 17.8 Å². The molecule has 1 aromatic carbocycles. The Morgan fingerprint density at radius 3 is 3.11 bits per heavy atom. The van der Waals surface area contributed by atoms with Crippen molar-refractivity contribution < 1.29 is 14.4 Å². The van der Waals surface area contributed by atoms with Crippen LogP contribution in [0.25, 0.3) is 11.5 Å².